The van der Waals surface area contributed by atoms with Crippen LogP contribution in [0.15, 0.2) is 24.3 Å². The van der Waals surface area contributed by atoms with Crippen LogP contribution in [0.1, 0.15) is 38.5 Å². The largest absolute Gasteiger partial charge is 0.508 e. The van der Waals surface area contributed by atoms with Gasteiger partial charge in [-0.1, -0.05) is 38.2 Å². The smallest absolute Gasteiger partial charge is 0.258 e. The SMILES string of the molecule is CN1C(=N)NC(COc2cccc(O)c2)(CC2CCCCC2)C1=O. The Kier molecular flexibility index (Phi) is 4.64. The maximum Gasteiger partial charge on any atom is 0.258 e. The van der Waals surface area contributed by atoms with E-state index in [9.17, 15) is 9.90 Å². The van der Waals surface area contributed by atoms with Gasteiger partial charge in [0, 0.05) is 13.1 Å². The lowest BCUT2D eigenvalue weighted by molar-refractivity contribution is -0.132. The minimum absolute atomic E-state index is 0.113. The van der Waals surface area contributed by atoms with E-state index < -0.39 is 5.54 Å². The average molecular weight is 331 g/mol. The van der Waals surface area contributed by atoms with E-state index in [0.29, 0.717) is 18.1 Å². The second-order valence-electron chi connectivity index (χ2n) is 6.91. The number of hydrogen-bond acceptors (Lipinski definition) is 4. The number of likely N-dealkylation sites (N-methyl/N-ethyl adjacent to an activating group) is 1. The number of carbonyl (C=O) groups excluding carboxylic acids is 1. The minimum atomic E-state index is -0.890. The van der Waals surface area contributed by atoms with E-state index in [1.54, 1.807) is 25.2 Å². The molecule has 0 radical (unpaired) electrons. The molecule has 1 aliphatic carbocycles. The van der Waals surface area contributed by atoms with Crippen molar-refractivity contribution in [3.63, 3.8) is 0 Å². The number of nitrogens with one attached hydrogen (secondary N) is 2. The molecule has 1 amide bonds. The Balaban J connectivity index is 1.77. The second-order valence-corrected chi connectivity index (χ2v) is 6.91. The van der Waals surface area contributed by atoms with Gasteiger partial charge in [0.15, 0.2) is 11.5 Å². The van der Waals surface area contributed by atoms with Crippen molar-refractivity contribution < 1.29 is 14.6 Å². The van der Waals surface area contributed by atoms with Crippen molar-refractivity contribution in [1.29, 1.82) is 5.41 Å². The molecule has 1 aromatic rings. The molecular weight excluding hydrogens is 306 g/mol. The summed E-state index contributed by atoms with van der Waals surface area (Å²) in [5.74, 6) is 1.13. The molecule has 0 spiro atoms. The summed E-state index contributed by atoms with van der Waals surface area (Å²) < 4.78 is 5.82. The summed E-state index contributed by atoms with van der Waals surface area (Å²) >= 11 is 0. The maximum atomic E-state index is 12.8. The van der Waals surface area contributed by atoms with Gasteiger partial charge < -0.3 is 15.2 Å². The van der Waals surface area contributed by atoms with Crippen molar-refractivity contribution in [3.05, 3.63) is 24.3 Å². The summed E-state index contributed by atoms with van der Waals surface area (Å²) in [5.41, 5.74) is -0.890. The topological polar surface area (TPSA) is 85.7 Å². The van der Waals surface area contributed by atoms with Crippen molar-refractivity contribution in [2.24, 2.45) is 5.92 Å². The van der Waals surface area contributed by atoms with Gasteiger partial charge in [-0.15, -0.1) is 0 Å². The molecule has 1 heterocycles. The van der Waals surface area contributed by atoms with Crippen LogP contribution in [-0.2, 0) is 4.79 Å². The lowest BCUT2D eigenvalue weighted by atomic mass is 9.79. The van der Waals surface area contributed by atoms with Gasteiger partial charge in [-0.05, 0) is 24.5 Å². The molecule has 1 saturated heterocycles. The first-order chi connectivity index (χ1) is 11.5. The van der Waals surface area contributed by atoms with Crippen molar-refractivity contribution in [3.8, 4) is 11.5 Å². The molecule has 1 saturated carbocycles. The molecule has 24 heavy (non-hydrogen) atoms. The van der Waals surface area contributed by atoms with Gasteiger partial charge in [-0.2, -0.15) is 0 Å². The number of phenolic OH excluding ortho intramolecular Hbond substituents is 1. The van der Waals surface area contributed by atoms with Gasteiger partial charge >= 0.3 is 0 Å². The van der Waals surface area contributed by atoms with Crippen LogP contribution < -0.4 is 10.1 Å². The highest BCUT2D eigenvalue weighted by Gasteiger charge is 2.50. The highest BCUT2D eigenvalue weighted by Crippen LogP contribution is 2.34. The van der Waals surface area contributed by atoms with Crippen LogP contribution in [0, 0.1) is 11.3 Å². The fourth-order valence-corrected chi connectivity index (χ4v) is 3.75. The Morgan fingerprint density at radius 1 is 1.38 bits per heavy atom. The molecule has 1 atom stereocenters. The second kappa shape index (κ2) is 6.71. The number of ether oxygens (including phenoxy) is 1. The van der Waals surface area contributed by atoms with E-state index in [1.165, 1.54) is 30.2 Å². The number of guanidine groups is 1. The monoisotopic (exact) mass is 331 g/mol. The number of amides is 1. The number of aromatic hydroxyl groups is 1. The number of benzene rings is 1. The van der Waals surface area contributed by atoms with Crippen molar-refractivity contribution >= 4 is 11.9 Å². The molecule has 2 fully saturated rings. The van der Waals surface area contributed by atoms with Crippen molar-refractivity contribution in [2.45, 2.75) is 44.1 Å². The highest BCUT2D eigenvalue weighted by molar-refractivity contribution is 6.07. The zero-order valence-corrected chi connectivity index (χ0v) is 14.0. The van der Waals surface area contributed by atoms with Crippen LogP contribution in [0.5, 0.6) is 11.5 Å². The summed E-state index contributed by atoms with van der Waals surface area (Å²) in [7, 11) is 1.62. The first kappa shape index (κ1) is 16.6. The first-order valence-electron chi connectivity index (χ1n) is 8.57. The Labute approximate surface area is 142 Å². The number of rotatable bonds is 5. The van der Waals surface area contributed by atoms with E-state index in [2.05, 4.69) is 5.32 Å². The third-order valence-corrected chi connectivity index (χ3v) is 5.07. The molecule has 3 N–H and O–H groups in total. The Bertz CT molecular complexity index is 628. The predicted octanol–water partition coefficient (Wildman–Crippen LogP) is 2.48. The Hall–Kier alpha value is -2.24. The Morgan fingerprint density at radius 2 is 2.12 bits per heavy atom. The standard InChI is InChI=1S/C18H25N3O3/c1-21-16(23)18(20-17(21)19,11-13-6-3-2-4-7-13)12-24-15-9-5-8-14(22)10-15/h5,8-10,13,22H,2-4,6-7,11-12H2,1H3,(H2,19,20). The summed E-state index contributed by atoms with van der Waals surface area (Å²) in [6, 6.07) is 6.56. The molecule has 0 bridgehead atoms. The maximum absolute atomic E-state index is 12.8. The van der Waals surface area contributed by atoms with E-state index in [4.69, 9.17) is 10.1 Å². The van der Waals surface area contributed by atoms with Gasteiger partial charge in [0.05, 0.1) is 0 Å². The van der Waals surface area contributed by atoms with Crippen LogP contribution in [0.3, 0.4) is 0 Å². The van der Waals surface area contributed by atoms with Gasteiger partial charge in [0.1, 0.15) is 18.1 Å². The lowest BCUT2D eigenvalue weighted by Crippen LogP contribution is -2.53. The summed E-state index contributed by atoms with van der Waals surface area (Å²) in [6.07, 6.45) is 6.60. The zero-order chi connectivity index (χ0) is 17.2. The van der Waals surface area contributed by atoms with Crippen LogP contribution in [0.4, 0.5) is 0 Å². The number of nitrogens with zero attached hydrogens (tertiary/aromatic N) is 1. The van der Waals surface area contributed by atoms with E-state index in [1.807, 2.05) is 0 Å². The molecule has 130 valence electrons. The van der Waals surface area contributed by atoms with Crippen LogP contribution in [-0.4, -0.2) is 41.1 Å². The molecule has 1 aromatic carbocycles. The zero-order valence-electron chi connectivity index (χ0n) is 14.0. The fraction of sp³-hybridized carbons (Fsp3) is 0.556. The quantitative estimate of drug-likeness (QED) is 0.774. The molecule has 6 heteroatoms. The Morgan fingerprint density at radius 3 is 2.75 bits per heavy atom. The van der Waals surface area contributed by atoms with E-state index >= 15 is 0 Å². The molecule has 2 aliphatic rings. The molecular formula is C18H25N3O3. The van der Waals surface area contributed by atoms with Crippen molar-refractivity contribution in [1.82, 2.24) is 10.2 Å². The minimum Gasteiger partial charge on any atom is -0.508 e. The normalized spacial score (nSPS) is 25.0. The van der Waals surface area contributed by atoms with Gasteiger partial charge in [-0.25, -0.2) is 0 Å². The average Bonchev–Trinajstić information content (AvgIpc) is 2.78. The third kappa shape index (κ3) is 3.32. The van der Waals surface area contributed by atoms with Gasteiger partial charge in [0.2, 0.25) is 0 Å². The number of carbonyl (C=O) groups is 1. The number of phenols is 1. The fourth-order valence-electron chi connectivity index (χ4n) is 3.75. The highest BCUT2D eigenvalue weighted by atomic mass is 16.5. The van der Waals surface area contributed by atoms with Gasteiger partial charge in [0.25, 0.3) is 5.91 Å². The molecule has 6 nitrogen and oxygen atoms in total. The van der Waals surface area contributed by atoms with Gasteiger partial charge in [-0.3, -0.25) is 15.1 Å². The molecule has 1 unspecified atom stereocenters. The van der Waals surface area contributed by atoms with Crippen LogP contribution in [0.2, 0.25) is 0 Å². The predicted molar refractivity (Wildman–Crippen MR) is 91.2 cm³/mol. The van der Waals surface area contributed by atoms with E-state index in [0.717, 1.165) is 12.8 Å². The molecule has 3 rings (SSSR count). The number of hydrogen-bond donors (Lipinski definition) is 3. The van der Waals surface area contributed by atoms with Crippen LogP contribution >= 0.6 is 0 Å². The summed E-state index contributed by atoms with van der Waals surface area (Å²) in [5, 5.41) is 20.6. The third-order valence-electron chi connectivity index (χ3n) is 5.07. The first-order valence-corrected chi connectivity index (χ1v) is 8.57. The van der Waals surface area contributed by atoms with Crippen molar-refractivity contribution in [2.75, 3.05) is 13.7 Å². The molecule has 1 aliphatic heterocycles. The van der Waals surface area contributed by atoms with Crippen LogP contribution in [0.25, 0.3) is 0 Å². The summed E-state index contributed by atoms with van der Waals surface area (Å²) in [4.78, 5) is 14.1. The molecule has 0 aromatic heterocycles. The summed E-state index contributed by atoms with van der Waals surface area (Å²) in [6.45, 7) is 0.151. The lowest BCUT2D eigenvalue weighted by Gasteiger charge is -2.32. The van der Waals surface area contributed by atoms with E-state index in [-0.39, 0.29) is 24.2 Å².